The maximum Gasteiger partial charge on any atom is 0.329 e. The number of benzene rings is 1. The van der Waals surface area contributed by atoms with Crippen LogP contribution in [0.4, 0.5) is 10.5 Å². The van der Waals surface area contributed by atoms with E-state index in [4.69, 9.17) is 0 Å². The first kappa shape index (κ1) is 11.6. The first-order valence-corrected chi connectivity index (χ1v) is 6.69. The highest BCUT2D eigenvalue weighted by molar-refractivity contribution is 7.90. The normalized spacial score (nSPS) is 16.2. The van der Waals surface area contributed by atoms with Gasteiger partial charge in [0.1, 0.15) is 0 Å². The largest absolute Gasteiger partial charge is 0.329 e. The average Bonchev–Trinajstić information content (AvgIpc) is 2.58. The van der Waals surface area contributed by atoms with Crippen LogP contribution in [0, 0.1) is 0 Å². The second kappa shape index (κ2) is 3.85. The Kier molecular flexibility index (Phi) is 2.62. The molecule has 1 heterocycles. The highest BCUT2D eigenvalue weighted by Crippen LogP contribution is 2.19. The third-order valence-electron chi connectivity index (χ3n) is 2.37. The minimum absolute atomic E-state index is 0.0351. The minimum atomic E-state index is -3.27. The molecule has 1 fully saturated rings. The van der Waals surface area contributed by atoms with Crippen LogP contribution >= 0.6 is 0 Å². The Hall–Kier alpha value is -1.89. The Morgan fingerprint density at radius 2 is 1.76 bits per heavy atom. The quantitative estimate of drug-likeness (QED) is 0.761. The third-order valence-corrected chi connectivity index (χ3v) is 3.49. The number of carbonyl (C=O) groups excluding carboxylic acids is 2. The van der Waals surface area contributed by atoms with E-state index in [0.29, 0.717) is 5.69 Å². The summed E-state index contributed by atoms with van der Waals surface area (Å²) >= 11 is 0. The molecular weight excluding hydrogens is 244 g/mol. The molecule has 2 rings (SSSR count). The van der Waals surface area contributed by atoms with E-state index in [0.717, 1.165) is 11.2 Å². The van der Waals surface area contributed by atoms with Crippen LogP contribution in [0.25, 0.3) is 0 Å². The van der Waals surface area contributed by atoms with Crippen molar-refractivity contribution < 1.29 is 18.0 Å². The SMILES string of the molecule is CS(=O)(=O)c1ccc(N2C(=O)CNC2=O)cc1. The van der Waals surface area contributed by atoms with E-state index in [9.17, 15) is 18.0 Å². The van der Waals surface area contributed by atoms with E-state index in [2.05, 4.69) is 5.32 Å². The predicted octanol–water partition coefficient (Wildman–Crippen LogP) is 0.146. The number of anilines is 1. The predicted molar refractivity (Wildman–Crippen MR) is 60.4 cm³/mol. The number of nitrogens with one attached hydrogen (secondary N) is 1. The second-order valence-electron chi connectivity index (χ2n) is 3.65. The van der Waals surface area contributed by atoms with Crippen LogP contribution in [0.15, 0.2) is 29.2 Å². The molecule has 0 bridgehead atoms. The number of hydrogen-bond acceptors (Lipinski definition) is 4. The Morgan fingerprint density at radius 3 is 2.18 bits per heavy atom. The molecule has 0 spiro atoms. The molecule has 1 N–H and O–H groups in total. The van der Waals surface area contributed by atoms with Crippen LogP contribution < -0.4 is 10.2 Å². The van der Waals surface area contributed by atoms with Crippen LogP contribution in [-0.2, 0) is 14.6 Å². The number of sulfone groups is 1. The lowest BCUT2D eigenvalue weighted by Gasteiger charge is -2.12. The molecule has 6 nitrogen and oxygen atoms in total. The smallest absolute Gasteiger partial charge is 0.328 e. The number of nitrogens with zero attached hydrogens (tertiary/aromatic N) is 1. The van der Waals surface area contributed by atoms with Gasteiger partial charge in [-0.3, -0.25) is 4.79 Å². The lowest BCUT2D eigenvalue weighted by molar-refractivity contribution is -0.115. The molecule has 1 aromatic rings. The number of carbonyl (C=O) groups is 2. The molecular formula is C10H10N2O4S. The zero-order valence-electron chi connectivity index (χ0n) is 9.00. The van der Waals surface area contributed by atoms with Gasteiger partial charge in [0.2, 0.25) is 0 Å². The molecule has 0 atom stereocenters. The summed E-state index contributed by atoms with van der Waals surface area (Å²) in [4.78, 5) is 23.9. The fraction of sp³-hybridized carbons (Fsp3) is 0.200. The molecule has 0 aromatic heterocycles. The topological polar surface area (TPSA) is 83.6 Å². The van der Waals surface area contributed by atoms with Crippen molar-refractivity contribution in [1.29, 1.82) is 0 Å². The van der Waals surface area contributed by atoms with Gasteiger partial charge in [-0.1, -0.05) is 0 Å². The average molecular weight is 254 g/mol. The highest BCUT2D eigenvalue weighted by atomic mass is 32.2. The first-order chi connectivity index (χ1) is 7.89. The first-order valence-electron chi connectivity index (χ1n) is 4.80. The molecule has 3 amide bonds. The van der Waals surface area contributed by atoms with Gasteiger partial charge < -0.3 is 5.32 Å². The van der Waals surface area contributed by atoms with Crippen LogP contribution in [0.3, 0.4) is 0 Å². The van der Waals surface area contributed by atoms with E-state index in [-0.39, 0.29) is 17.3 Å². The molecule has 0 radical (unpaired) electrons. The number of imide groups is 1. The van der Waals surface area contributed by atoms with E-state index >= 15 is 0 Å². The maximum absolute atomic E-state index is 11.4. The monoisotopic (exact) mass is 254 g/mol. The lowest BCUT2D eigenvalue weighted by Crippen LogP contribution is -2.30. The second-order valence-corrected chi connectivity index (χ2v) is 5.67. The Balaban J connectivity index is 2.36. The maximum atomic E-state index is 11.4. The van der Waals surface area contributed by atoms with Gasteiger partial charge in [0.25, 0.3) is 5.91 Å². The molecule has 7 heteroatoms. The number of urea groups is 1. The summed E-state index contributed by atoms with van der Waals surface area (Å²) in [7, 11) is -3.27. The van der Waals surface area contributed by atoms with Gasteiger partial charge >= 0.3 is 6.03 Å². The van der Waals surface area contributed by atoms with E-state index in [1.54, 1.807) is 0 Å². The molecule has 0 unspecified atom stereocenters. The van der Waals surface area contributed by atoms with Crippen molar-refractivity contribution in [2.75, 3.05) is 17.7 Å². The summed E-state index contributed by atoms with van der Waals surface area (Å²) in [5, 5.41) is 2.38. The fourth-order valence-electron chi connectivity index (χ4n) is 1.53. The van der Waals surface area contributed by atoms with Crippen molar-refractivity contribution in [3.63, 3.8) is 0 Å². The van der Waals surface area contributed by atoms with Gasteiger partial charge in [-0.05, 0) is 24.3 Å². The summed E-state index contributed by atoms with van der Waals surface area (Å²) in [5.41, 5.74) is 0.359. The summed E-state index contributed by atoms with van der Waals surface area (Å²) in [6, 6.07) is 5.09. The van der Waals surface area contributed by atoms with Crippen molar-refractivity contribution in [2.45, 2.75) is 4.90 Å². The number of amides is 3. The van der Waals surface area contributed by atoms with E-state index in [1.807, 2.05) is 0 Å². The summed E-state index contributed by atoms with van der Waals surface area (Å²) in [6.45, 7) is -0.0351. The van der Waals surface area contributed by atoms with Crippen LogP contribution in [-0.4, -0.2) is 33.2 Å². The molecule has 0 saturated carbocycles. The minimum Gasteiger partial charge on any atom is -0.328 e. The van der Waals surface area contributed by atoms with Crippen molar-refractivity contribution in [3.8, 4) is 0 Å². The number of hydrogen-bond donors (Lipinski definition) is 1. The molecule has 1 aliphatic heterocycles. The zero-order valence-corrected chi connectivity index (χ0v) is 9.82. The Bertz CT molecular complexity index is 561. The summed E-state index contributed by atoms with van der Waals surface area (Å²) < 4.78 is 22.5. The van der Waals surface area contributed by atoms with Crippen molar-refractivity contribution in [1.82, 2.24) is 5.32 Å². The van der Waals surface area contributed by atoms with Crippen molar-refractivity contribution in [3.05, 3.63) is 24.3 Å². The molecule has 17 heavy (non-hydrogen) atoms. The highest BCUT2D eigenvalue weighted by Gasteiger charge is 2.29. The van der Waals surface area contributed by atoms with E-state index < -0.39 is 15.9 Å². The molecule has 1 aliphatic rings. The van der Waals surface area contributed by atoms with Gasteiger partial charge in [0, 0.05) is 6.26 Å². The number of rotatable bonds is 2. The molecule has 1 saturated heterocycles. The summed E-state index contributed by atoms with van der Waals surface area (Å²) in [6.07, 6.45) is 1.09. The van der Waals surface area contributed by atoms with Gasteiger partial charge in [0.05, 0.1) is 17.1 Å². The molecule has 0 aliphatic carbocycles. The lowest BCUT2D eigenvalue weighted by atomic mass is 10.3. The van der Waals surface area contributed by atoms with Gasteiger partial charge in [-0.25, -0.2) is 18.1 Å². The fourth-order valence-corrected chi connectivity index (χ4v) is 2.16. The van der Waals surface area contributed by atoms with Gasteiger partial charge in [-0.2, -0.15) is 0 Å². The van der Waals surface area contributed by atoms with Gasteiger partial charge in [-0.15, -0.1) is 0 Å². The third kappa shape index (κ3) is 2.14. The van der Waals surface area contributed by atoms with Crippen LogP contribution in [0.1, 0.15) is 0 Å². The Labute approximate surface area is 98.1 Å². The van der Waals surface area contributed by atoms with Crippen LogP contribution in [0.2, 0.25) is 0 Å². The standard InChI is InChI=1S/C10H10N2O4S/c1-17(15,16)8-4-2-7(3-5-8)12-9(13)6-11-10(12)14/h2-5H,6H2,1H3,(H,11,14). The summed E-state index contributed by atoms with van der Waals surface area (Å²) in [5.74, 6) is -0.359. The molecule has 1 aromatic carbocycles. The van der Waals surface area contributed by atoms with Crippen LogP contribution in [0.5, 0.6) is 0 Å². The van der Waals surface area contributed by atoms with E-state index in [1.165, 1.54) is 24.3 Å². The Morgan fingerprint density at radius 1 is 1.18 bits per heavy atom. The van der Waals surface area contributed by atoms with Crippen molar-refractivity contribution in [2.24, 2.45) is 0 Å². The van der Waals surface area contributed by atoms with Crippen molar-refractivity contribution >= 4 is 27.5 Å². The molecule has 90 valence electrons. The zero-order chi connectivity index (χ0) is 12.6. The van der Waals surface area contributed by atoms with Gasteiger partial charge in [0.15, 0.2) is 9.84 Å².